The smallest absolute Gasteiger partial charge is 0.379 e. The van der Waals surface area contributed by atoms with E-state index in [0.29, 0.717) is 56.0 Å². The van der Waals surface area contributed by atoms with Crippen molar-refractivity contribution in [2.75, 3.05) is 75.5 Å². The fraction of sp³-hybridized carbons (Fsp3) is 0.562. The van der Waals surface area contributed by atoms with E-state index in [1.54, 1.807) is 18.4 Å². The summed E-state index contributed by atoms with van der Waals surface area (Å²) in [5.41, 5.74) is -0.462. The summed E-state index contributed by atoms with van der Waals surface area (Å²) >= 11 is 0.953. The predicted octanol–water partition coefficient (Wildman–Crippen LogP) is 3.57. The van der Waals surface area contributed by atoms with Gasteiger partial charge in [-0.2, -0.15) is 13.2 Å². The molecule has 17 heteroatoms. The van der Waals surface area contributed by atoms with Crippen molar-refractivity contribution in [1.29, 1.82) is 0 Å². The SMILES string of the molecule is CSc1ncc(C(=O)Nc2cc(-n3cc(C(=O)NCCCN4CCOCC4)nn3)ccc2N2CCN(C3CCC3)[C@H](C)C2)c(C(F)(F)F)n1. The summed E-state index contributed by atoms with van der Waals surface area (Å²) in [6, 6.07) is 6.04. The molecular formula is C32H41F3N10O3S. The number of alkyl halides is 3. The van der Waals surface area contributed by atoms with Gasteiger partial charge in [0.05, 0.1) is 42.0 Å². The fourth-order valence-corrected chi connectivity index (χ4v) is 6.78. The first-order valence-electron chi connectivity index (χ1n) is 16.6. The van der Waals surface area contributed by atoms with Crippen LogP contribution in [0.25, 0.3) is 5.69 Å². The molecule has 2 aliphatic heterocycles. The van der Waals surface area contributed by atoms with E-state index in [1.165, 1.54) is 30.1 Å². The third-order valence-electron chi connectivity index (χ3n) is 9.28. The van der Waals surface area contributed by atoms with Crippen LogP contribution in [-0.4, -0.2) is 124 Å². The molecule has 2 aromatic heterocycles. The van der Waals surface area contributed by atoms with Gasteiger partial charge in [0.2, 0.25) is 0 Å². The zero-order valence-corrected chi connectivity index (χ0v) is 28.4. The molecule has 1 aliphatic carbocycles. The highest BCUT2D eigenvalue weighted by atomic mass is 32.2. The summed E-state index contributed by atoms with van der Waals surface area (Å²) < 4.78 is 48.8. The van der Waals surface area contributed by atoms with E-state index in [2.05, 4.69) is 52.5 Å². The van der Waals surface area contributed by atoms with Crippen LogP contribution >= 0.6 is 11.8 Å². The molecule has 49 heavy (non-hydrogen) atoms. The zero-order valence-electron chi connectivity index (χ0n) is 27.6. The van der Waals surface area contributed by atoms with Crippen molar-refractivity contribution in [2.24, 2.45) is 0 Å². The van der Waals surface area contributed by atoms with Crippen molar-refractivity contribution in [3.05, 3.63) is 47.5 Å². The number of nitrogens with zero attached hydrogens (tertiary/aromatic N) is 8. The number of halogens is 3. The quantitative estimate of drug-likeness (QED) is 0.173. The minimum atomic E-state index is -4.86. The van der Waals surface area contributed by atoms with E-state index in [0.717, 1.165) is 50.6 Å². The summed E-state index contributed by atoms with van der Waals surface area (Å²) in [6.07, 6.45) is 3.47. The first kappa shape index (κ1) is 35.0. The second-order valence-corrected chi connectivity index (χ2v) is 13.3. The van der Waals surface area contributed by atoms with Gasteiger partial charge in [0, 0.05) is 57.5 Å². The lowest BCUT2D eigenvalue weighted by Crippen LogP contribution is -2.57. The Hall–Kier alpha value is -3.80. The topological polar surface area (TPSA) is 134 Å². The number of anilines is 2. The number of morpholine rings is 1. The Bertz CT molecular complexity index is 1630. The molecule has 6 rings (SSSR count). The molecule has 0 unspecified atom stereocenters. The lowest BCUT2D eigenvalue weighted by Gasteiger charge is -2.47. The second-order valence-electron chi connectivity index (χ2n) is 12.5. The molecule has 3 aromatic rings. The first-order valence-corrected chi connectivity index (χ1v) is 17.8. The molecular weight excluding hydrogens is 661 g/mol. The van der Waals surface area contributed by atoms with Gasteiger partial charge in [-0.05, 0) is 57.2 Å². The number of piperazine rings is 1. The van der Waals surface area contributed by atoms with Gasteiger partial charge in [-0.15, -0.1) is 5.10 Å². The summed E-state index contributed by atoms with van der Waals surface area (Å²) in [5.74, 6) is -1.36. The van der Waals surface area contributed by atoms with Crippen molar-refractivity contribution in [3.8, 4) is 5.69 Å². The highest BCUT2D eigenvalue weighted by molar-refractivity contribution is 7.98. The molecule has 2 N–H and O–H groups in total. The Morgan fingerprint density at radius 1 is 1.10 bits per heavy atom. The van der Waals surface area contributed by atoms with Crippen molar-refractivity contribution in [1.82, 2.24) is 40.1 Å². The van der Waals surface area contributed by atoms with Gasteiger partial charge in [-0.3, -0.25) is 19.4 Å². The largest absolute Gasteiger partial charge is 0.434 e. The Balaban J connectivity index is 1.22. The standard InChI is InChI=1S/C32H41F3N10O3S/c1-21-19-43(11-12-44(21)22-5-3-6-22)27-8-7-23(17-25(27)38-29(46)24-18-37-31(49-2)39-28(24)32(33,34)35)45-20-26(40-41-45)30(47)36-9-4-10-42-13-15-48-16-14-42/h7-8,17-18,20-22H,3-6,9-16,19H2,1-2H3,(H,36,47)(H,38,46)/t21-/m1/s1. The Labute approximate surface area is 286 Å². The van der Waals surface area contributed by atoms with Gasteiger partial charge in [0.25, 0.3) is 11.8 Å². The fourth-order valence-electron chi connectivity index (χ4n) is 6.44. The monoisotopic (exact) mass is 702 g/mol. The number of thioether (sulfide) groups is 1. The molecule has 4 heterocycles. The average Bonchev–Trinajstić information content (AvgIpc) is 3.57. The molecule has 2 amide bonds. The van der Waals surface area contributed by atoms with Crippen LogP contribution in [0.15, 0.2) is 35.7 Å². The normalized spacial score (nSPS) is 19.4. The third-order valence-corrected chi connectivity index (χ3v) is 9.85. The van der Waals surface area contributed by atoms with Crippen LogP contribution in [0, 0.1) is 0 Å². The minimum Gasteiger partial charge on any atom is -0.379 e. The third kappa shape index (κ3) is 8.33. The average molecular weight is 703 g/mol. The highest BCUT2D eigenvalue weighted by Crippen LogP contribution is 2.35. The lowest BCUT2D eigenvalue weighted by atomic mass is 9.89. The minimum absolute atomic E-state index is 0.0898. The molecule has 0 spiro atoms. The summed E-state index contributed by atoms with van der Waals surface area (Å²) in [7, 11) is 0. The number of rotatable bonds is 11. The van der Waals surface area contributed by atoms with Gasteiger partial charge in [0.15, 0.2) is 16.5 Å². The molecule has 264 valence electrons. The first-order chi connectivity index (χ1) is 23.6. The number of nitrogens with one attached hydrogen (secondary N) is 2. The van der Waals surface area contributed by atoms with Crippen molar-refractivity contribution < 1.29 is 27.5 Å². The van der Waals surface area contributed by atoms with Crippen LogP contribution in [0.3, 0.4) is 0 Å². The van der Waals surface area contributed by atoms with Crippen LogP contribution in [0.2, 0.25) is 0 Å². The van der Waals surface area contributed by atoms with Gasteiger partial charge < -0.3 is 20.3 Å². The van der Waals surface area contributed by atoms with Gasteiger partial charge in [-0.25, -0.2) is 14.6 Å². The van der Waals surface area contributed by atoms with Gasteiger partial charge in [-0.1, -0.05) is 23.4 Å². The number of carbonyl (C=O) groups excluding carboxylic acids is 2. The number of carbonyl (C=O) groups is 2. The maximum atomic E-state index is 14.0. The van der Waals surface area contributed by atoms with Crippen LogP contribution in [0.5, 0.6) is 0 Å². The van der Waals surface area contributed by atoms with Crippen LogP contribution in [0.1, 0.15) is 59.1 Å². The van der Waals surface area contributed by atoms with Crippen molar-refractivity contribution in [2.45, 2.75) is 56.0 Å². The van der Waals surface area contributed by atoms with E-state index in [9.17, 15) is 22.8 Å². The maximum Gasteiger partial charge on any atom is 0.434 e. The van der Waals surface area contributed by atoms with Gasteiger partial charge >= 0.3 is 6.18 Å². The van der Waals surface area contributed by atoms with Crippen molar-refractivity contribution in [3.63, 3.8) is 0 Å². The number of hydrogen-bond donors (Lipinski definition) is 2. The molecule has 3 fully saturated rings. The molecule has 1 saturated carbocycles. The van der Waals surface area contributed by atoms with Crippen LogP contribution in [-0.2, 0) is 10.9 Å². The Kier molecular flexibility index (Phi) is 11.0. The molecule has 3 aliphatic rings. The number of benzene rings is 1. The second kappa shape index (κ2) is 15.4. The zero-order chi connectivity index (χ0) is 34.5. The van der Waals surface area contributed by atoms with Crippen molar-refractivity contribution >= 4 is 35.0 Å². The van der Waals surface area contributed by atoms with E-state index >= 15 is 0 Å². The number of amides is 2. The molecule has 0 radical (unpaired) electrons. The van der Waals surface area contributed by atoms with Crippen LogP contribution < -0.4 is 15.5 Å². The number of aromatic nitrogens is 5. The van der Waals surface area contributed by atoms with E-state index in [1.807, 2.05) is 6.07 Å². The Morgan fingerprint density at radius 2 is 1.90 bits per heavy atom. The Morgan fingerprint density at radius 3 is 2.59 bits per heavy atom. The maximum absolute atomic E-state index is 14.0. The summed E-state index contributed by atoms with van der Waals surface area (Å²) in [4.78, 5) is 40.8. The van der Waals surface area contributed by atoms with E-state index in [-0.39, 0.29) is 22.8 Å². The molecule has 2 saturated heterocycles. The summed E-state index contributed by atoms with van der Waals surface area (Å²) in [5, 5.41) is 13.7. The van der Waals surface area contributed by atoms with E-state index in [4.69, 9.17) is 4.74 Å². The molecule has 1 atom stereocenters. The molecule has 1 aromatic carbocycles. The highest BCUT2D eigenvalue weighted by Gasteiger charge is 2.39. The summed E-state index contributed by atoms with van der Waals surface area (Å²) in [6.45, 7) is 8.86. The number of ether oxygens (including phenoxy) is 1. The van der Waals surface area contributed by atoms with Crippen LogP contribution in [0.4, 0.5) is 24.5 Å². The number of hydrogen-bond acceptors (Lipinski definition) is 11. The van der Waals surface area contributed by atoms with Gasteiger partial charge in [0.1, 0.15) is 0 Å². The predicted molar refractivity (Wildman–Crippen MR) is 178 cm³/mol. The van der Waals surface area contributed by atoms with E-state index < -0.39 is 23.3 Å². The molecule has 0 bridgehead atoms. The molecule has 13 nitrogen and oxygen atoms in total. The lowest BCUT2D eigenvalue weighted by molar-refractivity contribution is -0.142.